The Hall–Kier alpha value is -7.78. The molecule has 7 aliphatic rings. The fourth-order valence-corrected chi connectivity index (χ4v) is 26.9. The maximum Gasteiger partial charge on any atom is 0.254 e. The first-order valence-electron chi connectivity index (χ1n) is 49.0. The van der Waals surface area contributed by atoms with Gasteiger partial charge in [0, 0.05) is 161 Å². The average Bonchev–Trinajstić information content (AvgIpc) is 1.70. The van der Waals surface area contributed by atoms with E-state index in [1.165, 1.54) is 100 Å². The molecule has 15 rings (SSSR count). The third-order valence-electron chi connectivity index (χ3n) is 27.3. The second kappa shape index (κ2) is 46.1. The number of carbonyl (C=O) groups is 2. The highest BCUT2D eigenvalue weighted by molar-refractivity contribution is 7.71. The number of anilines is 2. The lowest BCUT2D eigenvalue weighted by Gasteiger charge is -2.36. The normalized spacial score (nSPS) is 17.8. The largest absolute Gasteiger partial charge is 0.496 e. The van der Waals surface area contributed by atoms with Gasteiger partial charge in [-0.1, -0.05) is 249 Å². The summed E-state index contributed by atoms with van der Waals surface area (Å²) in [5, 5.41) is 17.5. The summed E-state index contributed by atoms with van der Waals surface area (Å²) in [6.45, 7) is 59.8. The maximum atomic E-state index is 13.0. The van der Waals surface area contributed by atoms with Crippen LogP contribution in [-0.4, -0.2) is 222 Å². The van der Waals surface area contributed by atoms with Crippen LogP contribution >= 0.6 is 21.4 Å². The van der Waals surface area contributed by atoms with E-state index in [1.807, 2.05) is 89.2 Å². The van der Waals surface area contributed by atoms with E-state index in [9.17, 15) is 23.3 Å². The van der Waals surface area contributed by atoms with Crippen molar-refractivity contribution in [3.63, 3.8) is 0 Å². The Balaban J connectivity index is 0.000000176. The molecular weight excluding hydrogens is 1710 g/mol. The highest BCUT2D eigenvalue weighted by Crippen LogP contribution is 2.63. The molecule has 0 unspecified atom stereocenters. The molecule has 2 amide bonds. The average molecular weight is 1880 g/mol. The second-order valence-corrected chi connectivity index (χ2v) is 55.9. The van der Waals surface area contributed by atoms with Crippen molar-refractivity contribution in [3.05, 3.63) is 219 Å². The number of aliphatic hydroxyl groups excluding tert-OH is 1. The topological polar surface area (TPSA) is 183 Å². The summed E-state index contributed by atoms with van der Waals surface area (Å²) >= 11 is 0. The number of piperazine rings is 1. The minimum absolute atomic E-state index is 0.0239. The molecule has 21 heteroatoms. The first kappa shape index (κ1) is 109. The molecule has 133 heavy (non-hydrogen) atoms. The van der Waals surface area contributed by atoms with Crippen LogP contribution in [0, 0.1) is 6.92 Å². The van der Waals surface area contributed by atoms with Crippen molar-refractivity contribution >= 4 is 49.9 Å². The number of nitrogens with zero attached hydrogens (tertiary/aromatic N) is 8. The standard InChI is InChI=1S/C19H28NO3P.C18H29N3O.C18H28NO2P.C16H25N.C15H20N2.C15H24NO2P.C11H16O/c1-19(2,3)16-8-5-14(13-17(16)23-4)18(21)20-9-11-24(22,12-10-20)15-6-7-15;1-18(2,3)15-6-8-16(9-7-15)20-10-12-21(13-11-20)17(22)14-19(4)5;1-18(2,3)16-8-5-14(13-17(16)21-4)19-9-11-22(20,12-10-19)15-6-7-15;1-16(2,3)15-7-5-13(6-8-15)14-9-11-17(4)12-10-14;1-11-10-12(15(2,3)4)6-7-13(11)14-8-9-17(5)16-14;1-15(2,3)13-6-5-12(11-14(13)18-4)19(17)9-7-16-8-10-19;1-11(2,3)10-6-4-9(8-12)5-7-10/h5,8,13,15H,6-7,9-12H2,1-4H3;6-9H,10-14H2,1-5H3;5,8,13,15H,6-7,9-12H2,1-4H3;5-8,14H,9-12H2,1-4H3;6-10H,1-5H3;5-6,11,16H,7-10H2,1-4H3;4-7,12H,8H2,1-3H3. The number of hydrogen-bond acceptors (Lipinski definition) is 15. The number of aliphatic hydroxyl groups is 1. The number of rotatable bonds is 14. The van der Waals surface area contributed by atoms with Gasteiger partial charge in [0.2, 0.25) is 5.91 Å². The van der Waals surface area contributed by atoms with Crippen LogP contribution in [0.25, 0.3) is 11.3 Å². The molecule has 7 aromatic carbocycles. The van der Waals surface area contributed by atoms with Gasteiger partial charge in [-0.25, -0.2) is 0 Å². The van der Waals surface area contributed by atoms with E-state index in [-0.39, 0.29) is 56.3 Å². The van der Waals surface area contributed by atoms with Crippen molar-refractivity contribution < 1.29 is 42.6 Å². The molecule has 0 bridgehead atoms. The number of methoxy groups -OCH3 is 3. The summed E-state index contributed by atoms with van der Waals surface area (Å²) in [6.07, 6.45) is 13.9. The monoisotopic (exact) mass is 1880 g/mol. The fourth-order valence-electron chi connectivity index (χ4n) is 18.0. The zero-order valence-corrected chi connectivity index (χ0v) is 89.9. The van der Waals surface area contributed by atoms with Crippen LogP contribution in [0.2, 0.25) is 0 Å². The molecule has 6 heterocycles. The molecular formula is C112H170N9O9P3. The zero-order valence-electron chi connectivity index (χ0n) is 87.3. The molecule has 8 aromatic rings. The number of hydrogen-bond donors (Lipinski definition) is 2. The molecule has 5 saturated heterocycles. The highest BCUT2D eigenvalue weighted by Gasteiger charge is 2.45. The number of carbonyl (C=O) groups excluding carboxylic acids is 2. The smallest absolute Gasteiger partial charge is 0.254 e. The molecule has 2 aliphatic carbocycles. The molecule has 7 fully saturated rings. The molecule has 0 atom stereocenters. The first-order chi connectivity index (χ1) is 62.1. The Bertz CT molecular complexity index is 5190. The Labute approximate surface area is 803 Å². The van der Waals surface area contributed by atoms with Gasteiger partial charge in [0.25, 0.3) is 5.91 Å². The van der Waals surface area contributed by atoms with E-state index in [4.69, 9.17) is 19.3 Å². The Morgan fingerprint density at radius 1 is 0.444 bits per heavy atom. The molecule has 1 aromatic heterocycles. The number of likely N-dealkylation sites (tertiary alicyclic amines) is 1. The molecule has 0 radical (unpaired) electrons. The number of likely N-dealkylation sites (N-methyl/N-ethyl adjacent to an activating group) is 1. The van der Waals surface area contributed by atoms with Crippen molar-refractivity contribution in [2.45, 2.75) is 253 Å². The van der Waals surface area contributed by atoms with E-state index >= 15 is 0 Å². The summed E-state index contributed by atoms with van der Waals surface area (Å²) in [6, 6.07) is 53.3. The minimum Gasteiger partial charge on any atom is -0.496 e. The van der Waals surface area contributed by atoms with Gasteiger partial charge < -0.3 is 67.7 Å². The van der Waals surface area contributed by atoms with Crippen LogP contribution < -0.4 is 34.6 Å². The SMILES string of the molecule is CC(C)(C)c1ccc(CO)cc1.CN(C)CC(=O)N1CCN(c2ccc(C(C)(C)C)cc2)CC1.CN1CCC(c2ccc(C(C)(C)C)cc2)CC1.COc1cc(C(=O)N2CCP(=O)(C3CC3)CC2)ccc1C(C)(C)C.COc1cc(N2CCP(=O)(C3CC3)CC2)ccc1C(C)(C)C.COc1cc(P2(=O)CCNCC2)ccc1C(C)(C)C.Cc1cc(C(C)(C)C)ccc1-c1ccn(C)n1. The second-order valence-electron chi connectivity index (χ2n) is 45.7. The Morgan fingerprint density at radius 2 is 0.865 bits per heavy atom. The Morgan fingerprint density at radius 3 is 1.29 bits per heavy atom. The van der Waals surface area contributed by atoms with Crippen molar-refractivity contribution in [2.75, 3.05) is 174 Å². The van der Waals surface area contributed by atoms with Crippen LogP contribution in [0.15, 0.2) is 158 Å². The van der Waals surface area contributed by atoms with E-state index in [0.29, 0.717) is 48.8 Å². The third-order valence-corrected chi connectivity index (χ3v) is 38.0. The van der Waals surface area contributed by atoms with Crippen LogP contribution in [-0.2, 0) is 70.0 Å². The van der Waals surface area contributed by atoms with E-state index in [1.54, 1.807) is 21.3 Å². The van der Waals surface area contributed by atoms with Crippen molar-refractivity contribution in [3.8, 4) is 28.5 Å². The van der Waals surface area contributed by atoms with Crippen LogP contribution in [0.3, 0.4) is 0 Å². The van der Waals surface area contributed by atoms with Gasteiger partial charge in [-0.3, -0.25) is 14.3 Å². The van der Waals surface area contributed by atoms with Crippen molar-refractivity contribution in [2.24, 2.45) is 7.05 Å². The lowest BCUT2D eigenvalue weighted by atomic mass is 9.84. The van der Waals surface area contributed by atoms with Gasteiger partial charge in [-0.05, 0) is 222 Å². The number of aryl methyl sites for hydroxylation is 2. The fraction of sp³-hybridized carbons (Fsp3) is 0.580. The zero-order chi connectivity index (χ0) is 98.2. The number of benzene rings is 7. The molecule has 18 nitrogen and oxygen atoms in total. The Kier molecular flexibility index (Phi) is 37.8. The van der Waals surface area contributed by atoms with Crippen molar-refractivity contribution in [1.29, 1.82) is 0 Å². The minimum atomic E-state index is -2.22. The third kappa shape index (κ3) is 31.4. The molecule has 732 valence electrons. The van der Waals surface area contributed by atoms with E-state index < -0.39 is 21.4 Å². The van der Waals surface area contributed by atoms with Crippen LogP contribution in [0.5, 0.6) is 17.2 Å². The lowest BCUT2D eigenvalue weighted by molar-refractivity contribution is -0.132. The predicted octanol–water partition coefficient (Wildman–Crippen LogP) is 23.1. The van der Waals surface area contributed by atoms with Crippen molar-refractivity contribution in [1.82, 2.24) is 34.7 Å². The highest BCUT2D eigenvalue weighted by atomic mass is 31.2. The van der Waals surface area contributed by atoms with Crippen LogP contribution in [0.4, 0.5) is 11.4 Å². The van der Waals surface area contributed by atoms with Crippen LogP contribution in [0.1, 0.15) is 256 Å². The molecule has 2 N–H and O–H groups in total. The predicted molar refractivity (Wildman–Crippen MR) is 564 cm³/mol. The summed E-state index contributed by atoms with van der Waals surface area (Å²) < 4.78 is 57.1. The van der Waals surface area contributed by atoms with E-state index in [2.05, 4.69) is 294 Å². The first-order valence-corrected chi connectivity index (χ1v) is 55.4. The summed E-state index contributed by atoms with van der Waals surface area (Å²) in [7, 11) is 7.03. The number of piperidine rings is 1. The number of nitrogens with one attached hydrogen (secondary N) is 1. The number of amides is 2. The molecule has 2 saturated carbocycles. The van der Waals surface area contributed by atoms with Gasteiger partial charge in [0.15, 0.2) is 0 Å². The van der Waals surface area contributed by atoms with Gasteiger partial charge in [-0.2, -0.15) is 5.10 Å². The van der Waals surface area contributed by atoms with Gasteiger partial charge in [0.05, 0.1) is 54.5 Å². The lowest BCUT2D eigenvalue weighted by Crippen LogP contribution is -2.50. The number of ether oxygens (including phenoxy) is 3. The summed E-state index contributed by atoms with van der Waals surface area (Å²) in [4.78, 5) is 37.8. The maximum absolute atomic E-state index is 13.0. The number of aromatic nitrogens is 2. The van der Waals surface area contributed by atoms with E-state index in [0.717, 1.165) is 135 Å². The summed E-state index contributed by atoms with van der Waals surface area (Å²) in [5.41, 5.74) is 20.1. The summed E-state index contributed by atoms with van der Waals surface area (Å²) in [5.74, 6) is 3.61. The quantitative estimate of drug-likeness (QED) is 0.0980. The van der Waals surface area contributed by atoms with Gasteiger partial charge in [0.1, 0.15) is 24.4 Å². The molecule has 0 spiro atoms. The van der Waals surface area contributed by atoms with Gasteiger partial charge in [-0.15, -0.1) is 0 Å². The molecule has 5 aliphatic heterocycles. The van der Waals surface area contributed by atoms with Gasteiger partial charge >= 0.3 is 0 Å².